The number of nitrogens with one attached hydrogen (secondary N) is 1. The number of nitrogens with zero attached hydrogens (tertiary/aromatic N) is 3. The average Bonchev–Trinajstić information content (AvgIpc) is 3.36. The fourth-order valence-electron chi connectivity index (χ4n) is 3.03. The van der Waals surface area contributed by atoms with Gasteiger partial charge in [-0.05, 0) is 19.3 Å². The van der Waals surface area contributed by atoms with E-state index in [1.54, 1.807) is 11.3 Å². The molecule has 130 valence electrons. The van der Waals surface area contributed by atoms with Crippen LogP contribution in [0.15, 0.2) is 30.3 Å². The van der Waals surface area contributed by atoms with Gasteiger partial charge in [0.25, 0.3) is 0 Å². The molecule has 6 nitrogen and oxygen atoms in total. The monoisotopic (exact) mass is 356 g/mol. The molecule has 2 aromatic heterocycles. The number of benzene rings is 1. The van der Waals surface area contributed by atoms with Gasteiger partial charge in [0.1, 0.15) is 11.1 Å². The number of hydrogen-bond donors (Lipinski definition) is 1. The predicted molar refractivity (Wildman–Crippen MR) is 96.5 cm³/mol. The van der Waals surface area contributed by atoms with E-state index in [0.29, 0.717) is 13.2 Å². The summed E-state index contributed by atoms with van der Waals surface area (Å²) in [5, 5.41) is 8.68. The molecular formula is C18H20N4O2S. The molecule has 1 N–H and O–H groups in total. The fourth-order valence-corrected chi connectivity index (χ4v) is 3.88. The molecule has 1 aliphatic rings. The Morgan fingerprint density at radius 3 is 2.96 bits per heavy atom. The Labute approximate surface area is 149 Å². The highest BCUT2D eigenvalue weighted by molar-refractivity contribution is 7.16. The Morgan fingerprint density at radius 2 is 2.24 bits per heavy atom. The summed E-state index contributed by atoms with van der Waals surface area (Å²) in [5.74, 6) is -0.0580. The van der Waals surface area contributed by atoms with E-state index in [9.17, 15) is 4.79 Å². The van der Waals surface area contributed by atoms with Gasteiger partial charge in [0.2, 0.25) is 10.9 Å². The number of carbonyl (C=O) groups is 1. The molecule has 3 aromatic rings. The van der Waals surface area contributed by atoms with Crippen molar-refractivity contribution in [3.63, 3.8) is 0 Å². The minimum atomic E-state index is -0.328. The lowest BCUT2D eigenvalue weighted by Crippen LogP contribution is -2.34. The zero-order valence-electron chi connectivity index (χ0n) is 14.1. The zero-order chi connectivity index (χ0) is 17.2. The second-order valence-electron chi connectivity index (χ2n) is 6.04. The standard InChI is InChI=1S/C18H20N4O2S/c1-2-15-21-22-13(11-19-17(23)14-9-6-10-24-14)16(20-18(22)25-15)12-7-4-3-5-8-12/h3-5,7-8,14H,2,6,9-11H2,1H3,(H,19,23). The van der Waals surface area contributed by atoms with Crippen LogP contribution in [-0.4, -0.2) is 33.2 Å². The highest BCUT2D eigenvalue weighted by Crippen LogP contribution is 2.27. The molecule has 1 aromatic carbocycles. The maximum absolute atomic E-state index is 12.3. The summed E-state index contributed by atoms with van der Waals surface area (Å²) in [5.41, 5.74) is 2.80. The van der Waals surface area contributed by atoms with Crippen LogP contribution in [0.4, 0.5) is 0 Å². The third-order valence-corrected chi connectivity index (χ3v) is 5.39. The summed E-state index contributed by atoms with van der Waals surface area (Å²) in [6.45, 7) is 3.13. The fraction of sp³-hybridized carbons (Fsp3) is 0.389. The Hall–Kier alpha value is -2.25. The first-order valence-corrected chi connectivity index (χ1v) is 9.40. The maximum Gasteiger partial charge on any atom is 0.249 e. The maximum atomic E-state index is 12.3. The molecule has 0 spiro atoms. The van der Waals surface area contributed by atoms with Crippen molar-refractivity contribution < 1.29 is 9.53 Å². The average molecular weight is 356 g/mol. The molecule has 1 atom stereocenters. The number of aryl methyl sites for hydroxylation is 1. The van der Waals surface area contributed by atoms with Gasteiger partial charge in [-0.25, -0.2) is 9.50 Å². The summed E-state index contributed by atoms with van der Waals surface area (Å²) in [7, 11) is 0. The van der Waals surface area contributed by atoms with Crippen LogP contribution >= 0.6 is 11.3 Å². The van der Waals surface area contributed by atoms with Crippen molar-refractivity contribution >= 4 is 22.2 Å². The molecular weight excluding hydrogens is 336 g/mol. The SMILES string of the molecule is CCc1nn2c(CNC(=O)C3CCCO3)c(-c3ccccc3)nc2s1. The van der Waals surface area contributed by atoms with Crippen LogP contribution in [0.2, 0.25) is 0 Å². The lowest BCUT2D eigenvalue weighted by atomic mass is 10.1. The predicted octanol–water partition coefficient (Wildman–Crippen LogP) is 2.82. The van der Waals surface area contributed by atoms with Crippen molar-refractivity contribution in [2.24, 2.45) is 0 Å². The van der Waals surface area contributed by atoms with Crippen LogP contribution in [0.3, 0.4) is 0 Å². The van der Waals surface area contributed by atoms with Crippen LogP contribution in [0.1, 0.15) is 30.5 Å². The number of hydrogen-bond acceptors (Lipinski definition) is 5. The molecule has 0 aliphatic carbocycles. The highest BCUT2D eigenvalue weighted by atomic mass is 32.1. The second-order valence-corrected chi connectivity index (χ2v) is 7.08. The van der Waals surface area contributed by atoms with Crippen LogP contribution < -0.4 is 5.32 Å². The number of aromatic nitrogens is 3. The number of imidazole rings is 1. The van der Waals surface area contributed by atoms with Gasteiger partial charge in [0, 0.05) is 12.2 Å². The summed E-state index contributed by atoms with van der Waals surface area (Å²) >= 11 is 1.59. The Kier molecular flexibility index (Phi) is 4.50. The number of ether oxygens (including phenoxy) is 1. The van der Waals surface area contributed by atoms with E-state index in [1.807, 2.05) is 34.8 Å². The molecule has 0 bridgehead atoms. The van der Waals surface area contributed by atoms with Crippen molar-refractivity contribution in [1.82, 2.24) is 19.9 Å². The molecule has 1 aliphatic heterocycles. The molecule has 7 heteroatoms. The van der Waals surface area contributed by atoms with Crippen molar-refractivity contribution in [1.29, 1.82) is 0 Å². The van der Waals surface area contributed by atoms with Crippen LogP contribution in [0.25, 0.3) is 16.2 Å². The zero-order valence-corrected chi connectivity index (χ0v) is 14.9. The van der Waals surface area contributed by atoms with Crippen molar-refractivity contribution in [3.8, 4) is 11.3 Å². The Morgan fingerprint density at radius 1 is 1.40 bits per heavy atom. The summed E-state index contributed by atoms with van der Waals surface area (Å²) in [6, 6.07) is 10.0. The highest BCUT2D eigenvalue weighted by Gasteiger charge is 2.24. The molecule has 1 amide bonds. The molecule has 0 saturated carbocycles. The van der Waals surface area contributed by atoms with Gasteiger partial charge in [0.15, 0.2) is 0 Å². The second kappa shape index (κ2) is 6.93. The van der Waals surface area contributed by atoms with Crippen molar-refractivity contribution in [2.45, 2.75) is 38.8 Å². The van der Waals surface area contributed by atoms with E-state index in [2.05, 4.69) is 17.3 Å². The lowest BCUT2D eigenvalue weighted by molar-refractivity contribution is -0.130. The first-order valence-electron chi connectivity index (χ1n) is 8.58. The minimum absolute atomic E-state index is 0.0580. The van der Waals surface area contributed by atoms with E-state index < -0.39 is 0 Å². The third kappa shape index (κ3) is 3.17. The molecule has 1 saturated heterocycles. The normalized spacial score (nSPS) is 17.2. The van der Waals surface area contributed by atoms with Gasteiger partial charge in [-0.15, -0.1) is 0 Å². The van der Waals surface area contributed by atoms with Crippen LogP contribution in [0, 0.1) is 0 Å². The van der Waals surface area contributed by atoms with Crippen LogP contribution in [-0.2, 0) is 22.5 Å². The van der Waals surface area contributed by atoms with Gasteiger partial charge >= 0.3 is 0 Å². The number of carbonyl (C=O) groups excluding carboxylic acids is 1. The smallest absolute Gasteiger partial charge is 0.249 e. The summed E-state index contributed by atoms with van der Waals surface area (Å²) in [4.78, 5) is 17.9. The van der Waals surface area contributed by atoms with Gasteiger partial charge in [0.05, 0.1) is 17.9 Å². The molecule has 1 unspecified atom stereocenters. The largest absolute Gasteiger partial charge is 0.368 e. The van der Waals surface area contributed by atoms with Crippen molar-refractivity contribution in [2.75, 3.05) is 6.61 Å². The van der Waals surface area contributed by atoms with E-state index in [1.165, 1.54) is 0 Å². The number of fused-ring (bicyclic) bond motifs is 1. The van der Waals surface area contributed by atoms with E-state index >= 15 is 0 Å². The molecule has 1 fully saturated rings. The molecule has 3 heterocycles. The topological polar surface area (TPSA) is 68.5 Å². The molecule has 4 rings (SSSR count). The quantitative estimate of drug-likeness (QED) is 0.763. The molecule has 0 radical (unpaired) electrons. The van der Waals surface area contributed by atoms with E-state index in [0.717, 1.165) is 46.2 Å². The van der Waals surface area contributed by atoms with Gasteiger partial charge in [-0.3, -0.25) is 4.79 Å². The van der Waals surface area contributed by atoms with Crippen molar-refractivity contribution in [3.05, 3.63) is 41.0 Å². The third-order valence-electron chi connectivity index (χ3n) is 4.34. The first-order chi connectivity index (χ1) is 12.3. The number of amides is 1. The van der Waals surface area contributed by atoms with Gasteiger partial charge in [-0.1, -0.05) is 48.6 Å². The Bertz CT molecular complexity index is 881. The summed E-state index contributed by atoms with van der Waals surface area (Å²) in [6.07, 6.45) is 2.27. The van der Waals surface area contributed by atoms with Crippen LogP contribution in [0.5, 0.6) is 0 Å². The molecule has 25 heavy (non-hydrogen) atoms. The van der Waals surface area contributed by atoms with Gasteiger partial charge < -0.3 is 10.1 Å². The number of rotatable bonds is 5. The van der Waals surface area contributed by atoms with E-state index in [-0.39, 0.29) is 12.0 Å². The summed E-state index contributed by atoms with van der Waals surface area (Å²) < 4.78 is 7.32. The Balaban J connectivity index is 1.66. The minimum Gasteiger partial charge on any atom is -0.368 e. The first kappa shape index (κ1) is 16.2. The van der Waals surface area contributed by atoms with E-state index in [4.69, 9.17) is 9.72 Å². The lowest BCUT2D eigenvalue weighted by Gasteiger charge is -2.10. The van der Waals surface area contributed by atoms with Gasteiger partial charge in [-0.2, -0.15) is 5.10 Å².